The van der Waals surface area contributed by atoms with E-state index in [1.54, 1.807) is 0 Å². The van der Waals surface area contributed by atoms with Crippen molar-refractivity contribution in [3.05, 3.63) is 28.9 Å². The topological polar surface area (TPSA) is 58.3 Å². The summed E-state index contributed by atoms with van der Waals surface area (Å²) in [5, 5.41) is 13.2. The number of aliphatic hydroxyl groups excluding tert-OH is 1. The van der Waals surface area contributed by atoms with Crippen molar-refractivity contribution in [2.75, 3.05) is 0 Å². The first-order valence-corrected chi connectivity index (χ1v) is 7.97. The summed E-state index contributed by atoms with van der Waals surface area (Å²) in [5.74, 6) is 0.318. The fraction of sp³-hybridized carbons (Fsp3) is 0.588. The number of nitrogens with zero attached hydrogens (tertiary/aromatic N) is 1. The molecule has 0 spiro atoms. The maximum Gasteiger partial charge on any atom is 0.198 e. The second-order valence-electron chi connectivity index (χ2n) is 6.51. The Morgan fingerprint density at radius 3 is 2.86 bits per heavy atom. The highest BCUT2D eigenvalue weighted by molar-refractivity contribution is 5.78. The molecule has 0 saturated heterocycles. The Morgan fingerprint density at radius 1 is 1.45 bits per heavy atom. The summed E-state index contributed by atoms with van der Waals surface area (Å²) in [6, 6.07) is 1.61. The van der Waals surface area contributed by atoms with Crippen LogP contribution < -0.4 is 5.32 Å². The van der Waals surface area contributed by atoms with Gasteiger partial charge in [0.1, 0.15) is 5.52 Å². The molecule has 1 aliphatic rings. The molecule has 1 aromatic heterocycles. The number of oxazole rings is 1. The predicted octanol–water partition coefficient (Wildman–Crippen LogP) is 3.40. The molecule has 5 heteroatoms. The van der Waals surface area contributed by atoms with Crippen molar-refractivity contribution in [1.82, 2.24) is 10.3 Å². The van der Waals surface area contributed by atoms with Crippen LogP contribution in [0.5, 0.6) is 0 Å². The minimum absolute atomic E-state index is 0.0988. The lowest BCUT2D eigenvalue weighted by Crippen LogP contribution is -2.35. The Hall–Kier alpha value is -1.46. The monoisotopic (exact) mass is 306 g/mol. The van der Waals surface area contributed by atoms with Crippen LogP contribution in [0.3, 0.4) is 0 Å². The van der Waals surface area contributed by atoms with E-state index < -0.39 is 0 Å². The van der Waals surface area contributed by atoms with E-state index in [2.05, 4.69) is 10.3 Å². The summed E-state index contributed by atoms with van der Waals surface area (Å²) >= 11 is 0. The summed E-state index contributed by atoms with van der Waals surface area (Å²) in [5.41, 5.74) is 2.65. The fourth-order valence-electron chi connectivity index (χ4n) is 3.08. The van der Waals surface area contributed by atoms with E-state index in [0.29, 0.717) is 18.0 Å². The van der Waals surface area contributed by atoms with Crippen LogP contribution in [0.4, 0.5) is 4.39 Å². The third kappa shape index (κ3) is 2.75. The highest BCUT2D eigenvalue weighted by Gasteiger charge is 2.25. The number of hydrogen-bond acceptors (Lipinski definition) is 4. The van der Waals surface area contributed by atoms with Crippen LogP contribution in [-0.2, 0) is 6.54 Å². The van der Waals surface area contributed by atoms with Crippen LogP contribution in [-0.4, -0.2) is 22.2 Å². The van der Waals surface area contributed by atoms with Gasteiger partial charge < -0.3 is 14.8 Å². The Morgan fingerprint density at radius 2 is 2.23 bits per heavy atom. The number of nitrogens with one attached hydrogen (secondary N) is 1. The van der Waals surface area contributed by atoms with Crippen LogP contribution in [0.2, 0.25) is 0 Å². The molecule has 0 radical (unpaired) electrons. The lowest BCUT2D eigenvalue weighted by Gasteiger charge is -2.17. The van der Waals surface area contributed by atoms with Crippen LogP contribution in [0, 0.1) is 12.7 Å². The van der Waals surface area contributed by atoms with Crippen molar-refractivity contribution in [1.29, 1.82) is 0 Å². The van der Waals surface area contributed by atoms with Gasteiger partial charge in [-0.2, -0.15) is 0 Å². The number of hydrogen-bond donors (Lipinski definition) is 2. The molecule has 1 fully saturated rings. The highest BCUT2D eigenvalue weighted by atomic mass is 19.1. The molecule has 1 saturated carbocycles. The zero-order chi connectivity index (χ0) is 15.9. The zero-order valence-electron chi connectivity index (χ0n) is 13.3. The molecular formula is C17H23FN2O2. The van der Waals surface area contributed by atoms with E-state index >= 15 is 0 Å². The van der Waals surface area contributed by atoms with Gasteiger partial charge in [-0.25, -0.2) is 9.37 Å². The van der Waals surface area contributed by atoms with Gasteiger partial charge in [0, 0.05) is 18.5 Å². The minimum Gasteiger partial charge on any atom is -0.437 e. The second kappa shape index (κ2) is 5.97. The number of fused-ring (bicyclic) bond motifs is 1. The Bertz CT molecular complexity index is 681. The molecule has 2 aromatic rings. The normalized spacial score (nSPS) is 22.1. The van der Waals surface area contributed by atoms with E-state index in [1.807, 2.05) is 20.8 Å². The van der Waals surface area contributed by atoms with Crippen molar-refractivity contribution in [3.8, 4) is 0 Å². The molecule has 0 amide bonds. The van der Waals surface area contributed by atoms with E-state index in [1.165, 1.54) is 6.07 Å². The van der Waals surface area contributed by atoms with Crippen molar-refractivity contribution >= 4 is 11.1 Å². The predicted molar refractivity (Wildman–Crippen MR) is 83.3 cm³/mol. The lowest BCUT2D eigenvalue weighted by molar-refractivity contribution is 0.148. The maximum absolute atomic E-state index is 14.3. The van der Waals surface area contributed by atoms with Gasteiger partial charge in [-0.1, -0.05) is 13.8 Å². The molecular weight excluding hydrogens is 283 g/mol. The van der Waals surface area contributed by atoms with E-state index in [9.17, 15) is 9.50 Å². The molecule has 0 aliphatic heterocycles. The van der Waals surface area contributed by atoms with Crippen LogP contribution in [0.1, 0.15) is 56.0 Å². The van der Waals surface area contributed by atoms with Gasteiger partial charge in [0.05, 0.1) is 6.10 Å². The van der Waals surface area contributed by atoms with Gasteiger partial charge in [0.2, 0.25) is 0 Å². The molecule has 0 bridgehead atoms. The molecule has 4 nitrogen and oxygen atoms in total. The minimum atomic E-state index is -0.372. The van der Waals surface area contributed by atoms with Crippen molar-refractivity contribution < 1.29 is 13.9 Å². The summed E-state index contributed by atoms with van der Waals surface area (Å²) in [6.45, 7) is 6.42. The van der Waals surface area contributed by atoms with Gasteiger partial charge in [0.25, 0.3) is 0 Å². The fourth-order valence-corrected chi connectivity index (χ4v) is 3.08. The molecule has 1 aromatic carbocycles. The Kier molecular flexibility index (Phi) is 4.19. The van der Waals surface area contributed by atoms with Crippen molar-refractivity contribution in [3.63, 3.8) is 0 Å². The van der Waals surface area contributed by atoms with Gasteiger partial charge in [-0.15, -0.1) is 0 Å². The second-order valence-corrected chi connectivity index (χ2v) is 6.51. The smallest absolute Gasteiger partial charge is 0.198 e. The van der Waals surface area contributed by atoms with Crippen LogP contribution >= 0.6 is 0 Å². The molecule has 22 heavy (non-hydrogen) atoms. The quantitative estimate of drug-likeness (QED) is 0.909. The highest BCUT2D eigenvalue weighted by Crippen LogP contribution is 2.28. The summed E-state index contributed by atoms with van der Waals surface area (Å²) in [6.07, 6.45) is 2.54. The van der Waals surface area contributed by atoms with E-state index in [4.69, 9.17) is 4.42 Å². The first kappa shape index (κ1) is 15.4. The van der Waals surface area contributed by atoms with Gasteiger partial charge >= 0.3 is 0 Å². The van der Waals surface area contributed by atoms with E-state index in [-0.39, 0.29) is 29.5 Å². The third-order valence-corrected chi connectivity index (χ3v) is 4.53. The molecule has 120 valence electrons. The molecule has 3 rings (SSSR count). The average Bonchev–Trinajstić information content (AvgIpc) is 3.08. The number of halogens is 1. The zero-order valence-corrected chi connectivity index (χ0v) is 13.3. The van der Waals surface area contributed by atoms with Crippen LogP contribution in [0.15, 0.2) is 10.5 Å². The van der Waals surface area contributed by atoms with Crippen molar-refractivity contribution in [2.24, 2.45) is 0 Å². The summed E-state index contributed by atoms with van der Waals surface area (Å²) in [4.78, 5) is 4.44. The van der Waals surface area contributed by atoms with Crippen LogP contribution in [0.25, 0.3) is 11.1 Å². The van der Waals surface area contributed by atoms with Gasteiger partial charge in [0.15, 0.2) is 17.3 Å². The molecule has 2 unspecified atom stereocenters. The number of aryl methyl sites for hydroxylation is 1. The molecule has 2 N–H and O–H groups in total. The van der Waals surface area contributed by atoms with Gasteiger partial charge in [-0.3, -0.25) is 0 Å². The molecule has 1 heterocycles. The van der Waals surface area contributed by atoms with E-state index in [0.717, 1.165) is 30.4 Å². The molecule has 1 aliphatic carbocycles. The largest absolute Gasteiger partial charge is 0.437 e. The lowest BCUT2D eigenvalue weighted by atomic mass is 10.1. The molecule has 2 atom stereocenters. The SMILES string of the molecule is Cc1c(CNC2CCCC2O)cc(F)c2oc(C(C)C)nc12. The number of aliphatic hydroxyl groups is 1. The third-order valence-electron chi connectivity index (χ3n) is 4.53. The summed E-state index contributed by atoms with van der Waals surface area (Å²) in [7, 11) is 0. The average molecular weight is 306 g/mol. The van der Waals surface area contributed by atoms with Gasteiger partial charge in [-0.05, 0) is 43.4 Å². The first-order chi connectivity index (χ1) is 10.5. The maximum atomic E-state index is 14.3. The number of aromatic nitrogens is 1. The first-order valence-electron chi connectivity index (χ1n) is 7.97. The van der Waals surface area contributed by atoms with Crippen molar-refractivity contribution in [2.45, 2.75) is 64.6 Å². The Balaban J connectivity index is 1.88. The number of benzene rings is 1. The Labute approximate surface area is 129 Å². The standard InChI is InChI=1S/C17H23FN2O2/c1-9(2)17-20-15-10(3)11(7-12(18)16(15)22-17)8-19-13-5-4-6-14(13)21/h7,9,13-14,19,21H,4-6,8H2,1-3H3. The summed E-state index contributed by atoms with van der Waals surface area (Å²) < 4.78 is 19.8. The number of rotatable bonds is 4.